The van der Waals surface area contributed by atoms with Crippen LogP contribution in [0.1, 0.15) is 66.8 Å². The van der Waals surface area contributed by atoms with Crippen LogP contribution in [0.25, 0.3) is 45.5 Å². The Bertz CT molecular complexity index is 4500. The summed E-state index contributed by atoms with van der Waals surface area (Å²) in [6, 6.07) is 102. The zero-order valence-electron chi connectivity index (χ0n) is 48.2. The van der Waals surface area contributed by atoms with Crippen molar-refractivity contribution >= 4 is 46.3 Å². The van der Waals surface area contributed by atoms with Gasteiger partial charge in [0.2, 0.25) is 0 Å². The van der Waals surface area contributed by atoms with Crippen LogP contribution in [0.3, 0.4) is 0 Å². The third-order valence-electron chi connectivity index (χ3n) is 18.0. The number of halogens is 3. The third-order valence-corrected chi connectivity index (χ3v) is 18.0. The van der Waals surface area contributed by atoms with Crippen molar-refractivity contribution in [3.63, 3.8) is 0 Å². The van der Waals surface area contributed by atoms with Crippen LogP contribution >= 0.6 is 0 Å². The summed E-state index contributed by atoms with van der Waals surface area (Å²) in [6.45, 7) is 10.2. The SMILES string of the molecule is C=Cc1ccc(CC2(c3ccc(C)cc3)c3ccccc3-c3ccc(N(c4ccccc4)c4ccc(-c5ccc(N(c6ccccc6)c6ccc7c(c6)C(Cc6ccc(C=C)cc6)(c6ccc(C(F)(F)F)cc6)c6ccccc6-7)cc5)cc4)cc32)cc1. The molecule has 0 N–H and O–H groups in total. The molecule has 0 bridgehead atoms. The Balaban J connectivity index is 0.837. The van der Waals surface area contributed by atoms with Crippen LogP contribution in [-0.4, -0.2) is 0 Å². The van der Waals surface area contributed by atoms with Crippen LogP contribution < -0.4 is 9.80 Å². The Morgan fingerprint density at radius 1 is 0.345 bits per heavy atom. The minimum atomic E-state index is -4.47. The van der Waals surface area contributed by atoms with E-state index in [0.29, 0.717) is 6.42 Å². The average Bonchev–Trinajstić information content (AvgIpc) is 1.66. The molecule has 14 rings (SSSR count). The molecule has 0 heterocycles. The van der Waals surface area contributed by atoms with Crippen molar-refractivity contribution < 1.29 is 13.2 Å². The number of anilines is 6. The first-order valence-corrected chi connectivity index (χ1v) is 29.6. The lowest BCUT2D eigenvalue weighted by molar-refractivity contribution is -0.137. The molecule has 2 aliphatic carbocycles. The molecular formula is C82H61F3N2. The molecule has 12 aromatic carbocycles. The second kappa shape index (κ2) is 22.2. The molecule has 0 radical (unpaired) electrons. The maximum absolute atomic E-state index is 14.2. The molecule has 5 heteroatoms. The summed E-state index contributed by atoms with van der Waals surface area (Å²) in [4.78, 5) is 4.64. The lowest BCUT2D eigenvalue weighted by Gasteiger charge is -2.35. The normalized spacial score (nSPS) is 15.4. The predicted octanol–water partition coefficient (Wildman–Crippen LogP) is 22.0. The number of hydrogen-bond donors (Lipinski definition) is 0. The van der Waals surface area contributed by atoms with Gasteiger partial charge in [-0.3, -0.25) is 0 Å². The van der Waals surface area contributed by atoms with Crippen molar-refractivity contribution in [1.82, 2.24) is 0 Å². The molecule has 0 aliphatic heterocycles. The van der Waals surface area contributed by atoms with Crippen molar-refractivity contribution in [1.29, 1.82) is 0 Å². The predicted molar refractivity (Wildman–Crippen MR) is 355 cm³/mol. The zero-order chi connectivity index (χ0) is 59.3. The van der Waals surface area contributed by atoms with E-state index in [1.807, 2.05) is 54.6 Å². The van der Waals surface area contributed by atoms with Crippen molar-refractivity contribution in [2.45, 2.75) is 36.8 Å². The van der Waals surface area contributed by atoms with E-state index in [1.54, 1.807) is 12.1 Å². The number of fused-ring (bicyclic) bond motifs is 6. The summed E-state index contributed by atoms with van der Waals surface area (Å²) in [5.74, 6) is 0. The van der Waals surface area contributed by atoms with Crippen LogP contribution in [-0.2, 0) is 29.8 Å². The molecule has 2 nitrogen and oxygen atoms in total. The smallest absolute Gasteiger partial charge is 0.310 e. The van der Waals surface area contributed by atoms with Gasteiger partial charge in [-0.1, -0.05) is 237 Å². The molecule has 0 amide bonds. The first kappa shape index (κ1) is 54.4. The van der Waals surface area contributed by atoms with Crippen LogP contribution in [0.15, 0.2) is 304 Å². The van der Waals surface area contributed by atoms with Crippen molar-refractivity contribution in [3.05, 3.63) is 371 Å². The highest BCUT2D eigenvalue weighted by molar-refractivity contribution is 5.90. The second-order valence-electron chi connectivity index (χ2n) is 23.0. The van der Waals surface area contributed by atoms with Gasteiger partial charge in [0.1, 0.15) is 0 Å². The molecule has 0 aromatic heterocycles. The highest BCUT2D eigenvalue weighted by atomic mass is 19.4. The number of para-hydroxylation sites is 2. The molecule has 0 spiro atoms. The summed E-state index contributed by atoms with van der Waals surface area (Å²) in [5.41, 5.74) is 23.2. The van der Waals surface area contributed by atoms with Gasteiger partial charge in [0, 0.05) is 34.1 Å². The van der Waals surface area contributed by atoms with Crippen molar-refractivity contribution in [2.75, 3.05) is 9.80 Å². The van der Waals surface area contributed by atoms with Gasteiger partial charge < -0.3 is 9.80 Å². The minimum Gasteiger partial charge on any atom is -0.310 e. The molecule has 87 heavy (non-hydrogen) atoms. The van der Waals surface area contributed by atoms with Gasteiger partial charge in [-0.2, -0.15) is 13.2 Å². The Morgan fingerprint density at radius 2 is 0.690 bits per heavy atom. The number of hydrogen-bond acceptors (Lipinski definition) is 2. The van der Waals surface area contributed by atoms with E-state index in [0.717, 1.165) is 96.2 Å². The van der Waals surface area contributed by atoms with Crippen LogP contribution in [0.5, 0.6) is 0 Å². The fourth-order valence-electron chi connectivity index (χ4n) is 13.8. The number of alkyl halides is 3. The van der Waals surface area contributed by atoms with Gasteiger partial charge in [-0.05, 0) is 194 Å². The number of nitrogens with zero attached hydrogens (tertiary/aromatic N) is 2. The largest absolute Gasteiger partial charge is 0.416 e. The molecule has 2 atom stereocenters. The first-order chi connectivity index (χ1) is 42.5. The van der Waals surface area contributed by atoms with Gasteiger partial charge >= 0.3 is 6.18 Å². The topological polar surface area (TPSA) is 6.48 Å². The van der Waals surface area contributed by atoms with E-state index in [9.17, 15) is 13.2 Å². The lowest BCUT2D eigenvalue weighted by atomic mass is 9.68. The fourth-order valence-corrected chi connectivity index (χ4v) is 13.8. The van der Waals surface area contributed by atoms with Gasteiger partial charge in [-0.15, -0.1) is 0 Å². The summed E-state index contributed by atoms with van der Waals surface area (Å²) in [7, 11) is 0. The van der Waals surface area contributed by atoms with E-state index in [1.165, 1.54) is 51.1 Å². The van der Waals surface area contributed by atoms with E-state index in [4.69, 9.17) is 0 Å². The van der Waals surface area contributed by atoms with Crippen LogP contribution in [0.2, 0.25) is 0 Å². The van der Waals surface area contributed by atoms with E-state index in [-0.39, 0.29) is 0 Å². The summed E-state index contributed by atoms with van der Waals surface area (Å²) >= 11 is 0. The average molecular weight is 1130 g/mol. The Hall–Kier alpha value is -10.5. The maximum atomic E-state index is 14.2. The van der Waals surface area contributed by atoms with Crippen LogP contribution in [0.4, 0.5) is 47.3 Å². The molecule has 2 aliphatic rings. The zero-order valence-corrected chi connectivity index (χ0v) is 48.2. The Kier molecular flexibility index (Phi) is 13.9. The van der Waals surface area contributed by atoms with Crippen LogP contribution in [0, 0.1) is 6.92 Å². The fraction of sp³-hybridized carbons (Fsp3) is 0.0732. The summed E-state index contributed by atoms with van der Waals surface area (Å²) in [5, 5.41) is 0. The quantitative estimate of drug-likeness (QED) is 0.101. The summed E-state index contributed by atoms with van der Waals surface area (Å²) < 4.78 is 42.7. The molecule has 0 saturated carbocycles. The third kappa shape index (κ3) is 9.66. The standard InChI is InChI=1S/C82H61F3N2/c1-4-57-26-30-59(31-27-57)54-80(63-38-24-56(3)25-39-63)76-22-14-12-20-72(76)74-50-48-70(52-78(74)80)86(66-16-8-6-9-17-66)68-44-34-61(35-45-68)62-36-46-69(47-37-62)87(67-18-10-7-11-19-67)71-49-51-75-73-21-13-15-23-77(73)81(79(75)53-71,55-60-32-28-58(5-2)29-33-60)64-40-42-65(43-41-64)82(83,84)85/h4-53H,1-2,54-55H2,3H3. The van der Waals surface area contributed by atoms with E-state index >= 15 is 0 Å². The number of rotatable bonds is 15. The van der Waals surface area contributed by atoms with E-state index in [2.05, 4.69) is 254 Å². The van der Waals surface area contributed by atoms with E-state index < -0.39 is 22.6 Å². The first-order valence-electron chi connectivity index (χ1n) is 29.6. The van der Waals surface area contributed by atoms with Gasteiger partial charge in [0.25, 0.3) is 0 Å². The number of aryl methyl sites for hydroxylation is 1. The molecular weight excluding hydrogens is 1070 g/mol. The molecule has 12 aromatic rings. The molecule has 0 saturated heterocycles. The highest BCUT2D eigenvalue weighted by Gasteiger charge is 2.47. The van der Waals surface area contributed by atoms with Crippen molar-refractivity contribution in [3.8, 4) is 33.4 Å². The van der Waals surface area contributed by atoms with Crippen molar-refractivity contribution in [2.24, 2.45) is 0 Å². The Labute approximate surface area is 507 Å². The minimum absolute atomic E-state index is 0.467. The molecule has 0 fully saturated rings. The van der Waals surface area contributed by atoms with Gasteiger partial charge in [0.15, 0.2) is 0 Å². The maximum Gasteiger partial charge on any atom is 0.416 e. The monoisotopic (exact) mass is 1130 g/mol. The second-order valence-corrected chi connectivity index (χ2v) is 23.0. The summed E-state index contributed by atoms with van der Waals surface area (Å²) in [6.07, 6.45) is 0.552. The molecule has 420 valence electrons. The van der Waals surface area contributed by atoms with Gasteiger partial charge in [-0.25, -0.2) is 0 Å². The Morgan fingerprint density at radius 3 is 1.08 bits per heavy atom. The highest BCUT2D eigenvalue weighted by Crippen LogP contribution is 2.58. The number of benzene rings is 12. The van der Waals surface area contributed by atoms with Gasteiger partial charge in [0.05, 0.1) is 16.4 Å². The molecule has 2 unspecified atom stereocenters. The lowest BCUT2D eigenvalue weighted by Crippen LogP contribution is -2.30.